The monoisotopic (exact) mass is 383 g/mol. The number of thioether (sulfide) groups is 1. The van der Waals surface area contributed by atoms with Gasteiger partial charge in [0.15, 0.2) is 6.61 Å². The Morgan fingerprint density at radius 3 is 2.60 bits per heavy atom. The van der Waals surface area contributed by atoms with E-state index in [0.29, 0.717) is 17.2 Å². The first-order chi connectivity index (χ1) is 11.9. The summed E-state index contributed by atoms with van der Waals surface area (Å²) in [6.45, 7) is 3.75. The molecule has 0 unspecified atom stereocenters. The number of rotatable bonds is 5. The van der Waals surface area contributed by atoms with Gasteiger partial charge in [-0.2, -0.15) is 5.26 Å². The average Bonchev–Trinajstić information content (AvgIpc) is 3.07. The molecule has 0 aromatic heterocycles. The fourth-order valence-electron chi connectivity index (χ4n) is 3.14. The average molecular weight is 384 g/mol. The highest BCUT2D eigenvalue weighted by molar-refractivity contribution is 8.23. The van der Waals surface area contributed by atoms with E-state index in [9.17, 15) is 14.9 Å². The quantitative estimate of drug-likeness (QED) is 0.576. The minimum Gasteiger partial charge on any atom is -0.455 e. The maximum absolute atomic E-state index is 11.9. The number of nitrogens with one attached hydrogen (secondary N) is 1. The van der Waals surface area contributed by atoms with Gasteiger partial charge in [0.1, 0.15) is 9.86 Å². The maximum Gasteiger partial charge on any atom is 0.316 e. The summed E-state index contributed by atoms with van der Waals surface area (Å²) < 4.78 is 5.71. The van der Waals surface area contributed by atoms with Crippen LogP contribution in [-0.4, -0.2) is 52.1 Å². The molecule has 2 fully saturated rings. The molecule has 1 N–H and O–H groups in total. The zero-order valence-electron chi connectivity index (χ0n) is 14.6. The SMILES string of the molecule is CC1CCN(C(=S)SCC(=O)OCC(=O)NC2(C#N)CCCC2)CC1. The number of nitrogens with zero attached hydrogens (tertiary/aromatic N) is 2. The zero-order valence-corrected chi connectivity index (χ0v) is 16.2. The van der Waals surface area contributed by atoms with Crippen LogP contribution < -0.4 is 5.32 Å². The first-order valence-corrected chi connectivity index (χ1v) is 10.1. The lowest BCUT2D eigenvalue weighted by Gasteiger charge is -2.31. The van der Waals surface area contributed by atoms with Gasteiger partial charge in [-0.1, -0.05) is 30.9 Å². The first-order valence-electron chi connectivity index (χ1n) is 8.74. The van der Waals surface area contributed by atoms with Crippen LogP contribution in [0, 0.1) is 17.2 Å². The van der Waals surface area contributed by atoms with Crippen LogP contribution >= 0.6 is 24.0 Å². The molecule has 1 aliphatic carbocycles. The highest BCUT2D eigenvalue weighted by Crippen LogP contribution is 2.28. The van der Waals surface area contributed by atoms with Crippen molar-refractivity contribution in [3.05, 3.63) is 0 Å². The highest BCUT2D eigenvalue weighted by atomic mass is 32.2. The van der Waals surface area contributed by atoms with Crippen molar-refractivity contribution in [1.29, 1.82) is 5.26 Å². The van der Waals surface area contributed by atoms with E-state index < -0.39 is 17.4 Å². The molecule has 1 saturated heterocycles. The molecule has 25 heavy (non-hydrogen) atoms. The number of carbonyl (C=O) groups is 2. The largest absolute Gasteiger partial charge is 0.455 e. The van der Waals surface area contributed by atoms with Gasteiger partial charge in [0.25, 0.3) is 5.91 Å². The van der Waals surface area contributed by atoms with E-state index in [0.717, 1.165) is 44.7 Å². The van der Waals surface area contributed by atoms with Crippen LogP contribution in [-0.2, 0) is 14.3 Å². The van der Waals surface area contributed by atoms with Crippen LogP contribution in [0.15, 0.2) is 0 Å². The molecule has 0 spiro atoms. The van der Waals surface area contributed by atoms with Crippen molar-refractivity contribution in [2.24, 2.45) is 5.92 Å². The third-order valence-corrected chi connectivity index (χ3v) is 6.27. The third-order valence-electron chi connectivity index (χ3n) is 4.77. The van der Waals surface area contributed by atoms with Crippen molar-refractivity contribution in [2.75, 3.05) is 25.4 Å². The van der Waals surface area contributed by atoms with Gasteiger partial charge in [0.05, 0.1) is 11.8 Å². The zero-order chi connectivity index (χ0) is 18.3. The molecule has 0 radical (unpaired) electrons. The van der Waals surface area contributed by atoms with Crippen LogP contribution in [0.4, 0.5) is 0 Å². The Balaban J connectivity index is 1.64. The number of likely N-dealkylation sites (tertiary alicyclic amines) is 1. The summed E-state index contributed by atoms with van der Waals surface area (Å²) in [4.78, 5) is 25.8. The Labute approximate surface area is 158 Å². The molecule has 2 aliphatic rings. The molecule has 138 valence electrons. The van der Waals surface area contributed by atoms with E-state index in [-0.39, 0.29) is 12.4 Å². The summed E-state index contributed by atoms with van der Waals surface area (Å²) in [6.07, 6.45) is 5.40. The first kappa shape index (κ1) is 20.0. The third kappa shape index (κ3) is 6.15. The normalized spacial score (nSPS) is 19.9. The van der Waals surface area contributed by atoms with Gasteiger partial charge in [-0.15, -0.1) is 0 Å². The Morgan fingerprint density at radius 1 is 1.36 bits per heavy atom. The van der Waals surface area contributed by atoms with Gasteiger partial charge in [0, 0.05) is 13.1 Å². The molecule has 6 nitrogen and oxygen atoms in total. The molecular formula is C17H25N3O3S2. The molecule has 0 bridgehead atoms. The topological polar surface area (TPSA) is 82.4 Å². The second-order valence-corrected chi connectivity index (χ2v) is 8.44. The van der Waals surface area contributed by atoms with Crippen molar-refractivity contribution in [1.82, 2.24) is 10.2 Å². The predicted molar refractivity (Wildman–Crippen MR) is 101 cm³/mol. The lowest BCUT2D eigenvalue weighted by molar-refractivity contribution is -0.146. The second-order valence-electron chi connectivity index (χ2n) is 6.83. The van der Waals surface area contributed by atoms with Crippen molar-refractivity contribution < 1.29 is 14.3 Å². The summed E-state index contributed by atoms with van der Waals surface area (Å²) in [7, 11) is 0. The molecule has 0 aromatic carbocycles. The van der Waals surface area contributed by atoms with Crippen molar-refractivity contribution in [2.45, 2.75) is 51.0 Å². The van der Waals surface area contributed by atoms with Crippen LogP contribution in [0.5, 0.6) is 0 Å². The summed E-state index contributed by atoms with van der Waals surface area (Å²) in [5.41, 5.74) is -0.787. The van der Waals surface area contributed by atoms with Crippen molar-refractivity contribution >= 4 is 40.2 Å². The van der Waals surface area contributed by atoms with Crippen LogP contribution in [0.25, 0.3) is 0 Å². The molecule has 1 amide bonds. The van der Waals surface area contributed by atoms with E-state index in [1.807, 2.05) is 0 Å². The van der Waals surface area contributed by atoms with E-state index in [1.165, 1.54) is 11.8 Å². The van der Waals surface area contributed by atoms with Crippen LogP contribution in [0.2, 0.25) is 0 Å². The number of thiocarbonyl (C=S) groups is 1. The molecule has 2 rings (SSSR count). The lowest BCUT2D eigenvalue weighted by atomic mass is 10.00. The molecular weight excluding hydrogens is 358 g/mol. The van der Waals surface area contributed by atoms with Gasteiger partial charge in [-0.25, -0.2) is 0 Å². The standard InChI is InChI=1S/C17H25N3O3S2/c1-13-4-8-20(9-5-13)16(24)25-11-15(22)23-10-14(21)19-17(12-18)6-2-3-7-17/h13H,2-11H2,1H3,(H,19,21). The van der Waals surface area contributed by atoms with Gasteiger partial charge >= 0.3 is 5.97 Å². The van der Waals surface area contributed by atoms with Crippen LogP contribution in [0.1, 0.15) is 45.4 Å². The molecule has 8 heteroatoms. The fourth-order valence-corrected chi connectivity index (χ4v) is 4.19. The molecule has 0 aromatic rings. The van der Waals surface area contributed by atoms with Gasteiger partial charge in [-0.05, 0) is 44.4 Å². The van der Waals surface area contributed by atoms with Gasteiger partial charge < -0.3 is 15.0 Å². The summed E-state index contributed by atoms with van der Waals surface area (Å²) >= 11 is 6.64. The van der Waals surface area contributed by atoms with Crippen molar-refractivity contribution in [3.63, 3.8) is 0 Å². The molecule has 0 atom stereocenters. The molecule has 1 saturated carbocycles. The minimum atomic E-state index is -0.787. The molecule has 1 heterocycles. The number of esters is 1. The smallest absolute Gasteiger partial charge is 0.316 e. The van der Waals surface area contributed by atoms with Gasteiger partial charge in [-0.3, -0.25) is 9.59 Å². The van der Waals surface area contributed by atoms with E-state index in [4.69, 9.17) is 17.0 Å². The Kier molecular flexibility index (Phi) is 7.51. The number of hydrogen-bond donors (Lipinski definition) is 1. The Morgan fingerprint density at radius 2 is 2.00 bits per heavy atom. The number of amides is 1. The molecule has 1 aliphatic heterocycles. The number of piperidine rings is 1. The fraction of sp³-hybridized carbons (Fsp3) is 0.765. The number of carbonyl (C=O) groups excluding carboxylic acids is 2. The van der Waals surface area contributed by atoms with E-state index >= 15 is 0 Å². The lowest BCUT2D eigenvalue weighted by Crippen LogP contribution is -2.46. The number of ether oxygens (including phenoxy) is 1. The van der Waals surface area contributed by atoms with Crippen molar-refractivity contribution in [3.8, 4) is 6.07 Å². The van der Waals surface area contributed by atoms with Crippen LogP contribution in [0.3, 0.4) is 0 Å². The van der Waals surface area contributed by atoms with E-state index in [2.05, 4.69) is 23.2 Å². The Bertz CT molecular complexity index is 548. The highest BCUT2D eigenvalue weighted by Gasteiger charge is 2.35. The summed E-state index contributed by atoms with van der Waals surface area (Å²) in [5, 5.41) is 11.9. The maximum atomic E-state index is 11.9. The minimum absolute atomic E-state index is 0.0988. The van der Waals surface area contributed by atoms with Gasteiger partial charge in [0.2, 0.25) is 0 Å². The summed E-state index contributed by atoms with van der Waals surface area (Å²) in [6, 6.07) is 2.18. The Hall–Kier alpha value is -1.33. The van der Waals surface area contributed by atoms with E-state index in [1.54, 1.807) is 0 Å². The second kappa shape index (κ2) is 9.39. The number of nitriles is 1. The summed E-state index contributed by atoms with van der Waals surface area (Å²) in [5.74, 6) is -0.0644. The predicted octanol–water partition coefficient (Wildman–Crippen LogP) is 2.23. The number of hydrogen-bond acceptors (Lipinski definition) is 6.